The minimum Gasteiger partial charge on any atom is -0.497 e. The Kier molecular flexibility index (Phi) is 9.68. The van der Waals surface area contributed by atoms with Gasteiger partial charge in [0.2, 0.25) is 12.3 Å². The number of carbonyl (C=O) groups excluding carboxylic acids is 1. The van der Waals surface area contributed by atoms with E-state index < -0.39 is 12.7 Å². The molecule has 14 heteroatoms. The van der Waals surface area contributed by atoms with Crippen molar-refractivity contribution in [1.82, 2.24) is 20.1 Å². The van der Waals surface area contributed by atoms with Crippen LogP contribution in [0, 0.1) is 0 Å². The number of hydrogen-bond donors (Lipinski definition) is 2. The lowest BCUT2D eigenvalue weighted by atomic mass is 10.00. The molecule has 0 radical (unpaired) electrons. The molecule has 1 aliphatic heterocycles. The van der Waals surface area contributed by atoms with Gasteiger partial charge in [-0.05, 0) is 72.5 Å². The van der Waals surface area contributed by atoms with Crippen molar-refractivity contribution in [2.24, 2.45) is 4.99 Å². The van der Waals surface area contributed by atoms with E-state index in [0.717, 1.165) is 16.7 Å². The van der Waals surface area contributed by atoms with Crippen LogP contribution >= 0.6 is 11.8 Å². The highest BCUT2D eigenvalue weighted by Gasteiger charge is 2.33. The molecule has 2 heterocycles. The molecule has 0 aliphatic carbocycles. The highest BCUT2D eigenvalue weighted by Crippen LogP contribution is 2.36. The third-order valence-corrected chi connectivity index (χ3v) is 7.77. The first-order valence-corrected chi connectivity index (χ1v) is 15.1. The van der Waals surface area contributed by atoms with E-state index in [1.54, 1.807) is 20.1 Å². The average Bonchev–Trinajstić information content (AvgIpc) is 3.63. The maximum atomic E-state index is 12.8. The van der Waals surface area contributed by atoms with Gasteiger partial charge in [-0.1, -0.05) is 49.9 Å². The van der Waals surface area contributed by atoms with Gasteiger partial charge in [-0.3, -0.25) is 9.69 Å². The molecule has 46 heavy (non-hydrogen) atoms. The Labute approximate surface area is 267 Å². The number of aliphatic hydroxyl groups is 1. The summed E-state index contributed by atoms with van der Waals surface area (Å²) in [5.74, 6) is 1.01. The number of ether oxygens (including phenoxy) is 2. The van der Waals surface area contributed by atoms with Crippen molar-refractivity contribution in [3.8, 4) is 28.6 Å². The number of benzene rings is 3. The first kappa shape index (κ1) is 32.6. The van der Waals surface area contributed by atoms with Crippen LogP contribution in [0.2, 0.25) is 0 Å². The number of thioether (sulfide) groups is 1. The van der Waals surface area contributed by atoms with Crippen molar-refractivity contribution in [3.63, 3.8) is 0 Å². The molecule has 4 aromatic rings. The van der Waals surface area contributed by atoms with Gasteiger partial charge in [0.25, 0.3) is 0 Å². The van der Waals surface area contributed by atoms with Crippen LogP contribution in [-0.2, 0) is 4.79 Å². The molecule has 1 saturated heterocycles. The summed E-state index contributed by atoms with van der Waals surface area (Å²) in [5.41, 5.74) is 4.35. The van der Waals surface area contributed by atoms with Crippen LogP contribution in [0.1, 0.15) is 37.8 Å². The van der Waals surface area contributed by atoms with E-state index in [0.29, 0.717) is 33.8 Å². The number of allylic oxidation sites excluding steroid dienone is 1. The maximum absolute atomic E-state index is 12.8. The Bertz CT molecular complexity index is 1750. The topological polar surface area (TPSA) is 114 Å². The van der Waals surface area contributed by atoms with Crippen LogP contribution in [0.4, 0.5) is 18.9 Å². The predicted molar refractivity (Wildman–Crippen MR) is 171 cm³/mol. The Morgan fingerprint density at radius 2 is 1.78 bits per heavy atom. The summed E-state index contributed by atoms with van der Waals surface area (Å²) in [6.45, 7) is 5.86. The molecule has 1 amide bonds. The number of hydrogen-bond acceptors (Lipinski definition) is 9. The zero-order valence-electron chi connectivity index (χ0n) is 25.3. The molecule has 1 aliphatic rings. The van der Waals surface area contributed by atoms with Gasteiger partial charge in [0, 0.05) is 11.3 Å². The standard InChI is InChI=1S/C32H31F3N6O4S/c1-19(2)26-16-25(44-4)13-14-27(26)41-28(42)17-46-31(41)38-30(43)37-20(3)15-21-5-7-22(8-6-21)29-36-18-40(39-29)23-9-11-24(12-10-23)45-32(33,34)35/h5-16,18-19,30,37,43H,17H2,1-4H3/b20-15+,38-31?. The normalized spacial score (nSPS) is 15.5. The van der Waals surface area contributed by atoms with Gasteiger partial charge >= 0.3 is 6.36 Å². The van der Waals surface area contributed by atoms with Crippen molar-refractivity contribution in [2.45, 2.75) is 39.4 Å². The second kappa shape index (κ2) is 13.7. The van der Waals surface area contributed by atoms with E-state index in [-0.39, 0.29) is 23.3 Å². The number of halogens is 3. The molecule has 0 bridgehead atoms. The minimum absolute atomic E-state index is 0.122. The molecule has 1 aromatic heterocycles. The maximum Gasteiger partial charge on any atom is 0.573 e. The third-order valence-electron chi connectivity index (χ3n) is 6.83. The molecule has 10 nitrogen and oxygen atoms in total. The monoisotopic (exact) mass is 652 g/mol. The molecular formula is C32H31F3N6O4S. The van der Waals surface area contributed by atoms with Gasteiger partial charge in [-0.25, -0.2) is 14.7 Å². The highest BCUT2D eigenvalue weighted by atomic mass is 32.2. The molecule has 0 spiro atoms. The first-order valence-electron chi connectivity index (χ1n) is 14.1. The summed E-state index contributed by atoms with van der Waals surface area (Å²) < 4.78 is 48.0. The number of amidine groups is 1. The molecule has 240 valence electrons. The Balaban J connectivity index is 1.24. The third kappa shape index (κ3) is 7.87. The van der Waals surface area contributed by atoms with E-state index in [4.69, 9.17) is 4.74 Å². The van der Waals surface area contributed by atoms with E-state index in [9.17, 15) is 23.1 Å². The number of nitrogens with one attached hydrogen (secondary N) is 1. The zero-order valence-corrected chi connectivity index (χ0v) is 26.1. The first-order chi connectivity index (χ1) is 21.9. The second-order valence-corrected chi connectivity index (χ2v) is 11.5. The number of carbonyl (C=O) groups is 1. The fraction of sp³-hybridized carbons (Fsp3) is 0.250. The zero-order chi connectivity index (χ0) is 33.0. The van der Waals surface area contributed by atoms with Gasteiger partial charge in [0.05, 0.1) is 24.2 Å². The van der Waals surface area contributed by atoms with Crippen LogP contribution in [0.5, 0.6) is 11.5 Å². The highest BCUT2D eigenvalue weighted by molar-refractivity contribution is 8.15. The van der Waals surface area contributed by atoms with Crippen LogP contribution in [0.3, 0.4) is 0 Å². The van der Waals surface area contributed by atoms with E-state index in [1.807, 2.05) is 56.3 Å². The lowest BCUT2D eigenvalue weighted by molar-refractivity contribution is -0.274. The SMILES string of the molecule is COc1ccc(N2C(=O)CSC2=NC(O)N/C(C)=C/c2ccc(-c3ncn(-c4ccc(OC(F)(F)F)cc4)n3)cc2)c(C(C)C)c1. The Morgan fingerprint density at radius 3 is 2.43 bits per heavy atom. The molecule has 2 N–H and O–H groups in total. The number of rotatable bonds is 10. The van der Waals surface area contributed by atoms with Crippen LogP contribution in [0.25, 0.3) is 23.2 Å². The number of anilines is 1. The number of amides is 1. The molecule has 3 aromatic carbocycles. The van der Waals surface area contributed by atoms with Crippen LogP contribution < -0.4 is 19.7 Å². The molecule has 1 atom stereocenters. The summed E-state index contributed by atoms with van der Waals surface area (Å²) in [5, 5.41) is 18.5. The predicted octanol–water partition coefficient (Wildman–Crippen LogP) is 6.33. The number of aromatic nitrogens is 3. The average molecular weight is 653 g/mol. The van der Waals surface area contributed by atoms with E-state index in [2.05, 4.69) is 25.1 Å². The van der Waals surface area contributed by atoms with Crippen LogP contribution in [-0.4, -0.2) is 56.5 Å². The van der Waals surface area contributed by atoms with Crippen LogP contribution in [0.15, 0.2) is 83.7 Å². The van der Waals surface area contributed by atoms with Gasteiger partial charge in [0.1, 0.15) is 17.8 Å². The quantitative estimate of drug-likeness (QED) is 0.191. The van der Waals surface area contributed by atoms with Gasteiger partial charge in [0.15, 0.2) is 11.0 Å². The second-order valence-electron chi connectivity index (χ2n) is 10.5. The lowest BCUT2D eigenvalue weighted by Gasteiger charge is -2.23. The number of methoxy groups -OCH3 is 1. The lowest BCUT2D eigenvalue weighted by Crippen LogP contribution is -2.33. The van der Waals surface area contributed by atoms with Gasteiger partial charge in [-0.2, -0.15) is 0 Å². The molecule has 5 rings (SSSR count). The summed E-state index contributed by atoms with van der Waals surface area (Å²) >= 11 is 1.26. The summed E-state index contributed by atoms with van der Waals surface area (Å²) in [4.78, 5) is 23.1. The van der Waals surface area contributed by atoms with Gasteiger partial charge in [-0.15, -0.1) is 18.3 Å². The smallest absolute Gasteiger partial charge is 0.497 e. The van der Waals surface area contributed by atoms with Crippen molar-refractivity contribution >= 4 is 34.6 Å². The molecule has 1 fully saturated rings. The molecular weight excluding hydrogens is 621 g/mol. The number of nitrogens with zero attached hydrogens (tertiary/aromatic N) is 5. The van der Waals surface area contributed by atoms with Gasteiger partial charge < -0.3 is 19.9 Å². The largest absolute Gasteiger partial charge is 0.573 e. The fourth-order valence-electron chi connectivity index (χ4n) is 4.70. The molecule has 1 unspecified atom stereocenters. The number of aliphatic hydroxyl groups excluding tert-OH is 1. The van der Waals surface area contributed by atoms with E-state index in [1.165, 1.54) is 51.9 Å². The Morgan fingerprint density at radius 1 is 1.09 bits per heavy atom. The fourth-order valence-corrected chi connectivity index (χ4v) is 5.59. The Hall–Kier alpha value is -4.82. The van der Waals surface area contributed by atoms with Crippen molar-refractivity contribution < 1.29 is 32.5 Å². The number of aliphatic imine (C=N–C) groups is 1. The minimum atomic E-state index is -4.76. The van der Waals surface area contributed by atoms with E-state index >= 15 is 0 Å². The van der Waals surface area contributed by atoms with Crippen molar-refractivity contribution in [1.29, 1.82) is 0 Å². The number of alkyl halides is 3. The van der Waals surface area contributed by atoms with Crippen molar-refractivity contribution in [3.05, 3.63) is 89.9 Å². The van der Waals surface area contributed by atoms with Crippen molar-refractivity contribution in [2.75, 3.05) is 17.8 Å². The summed E-state index contributed by atoms with van der Waals surface area (Å²) in [6, 6.07) is 18.2. The summed E-state index contributed by atoms with van der Waals surface area (Å²) in [6.07, 6.45) is -2.76. The summed E-state index contributed by atoms with van der Waals surface area (Å²) in [7, 11) is 1.59. The molecule has 0 saturated carbocycles.